The lowest BCUT2D eigenvalue weighted by Crippen LogP contribution is -2.60. The first-order valence-electron chi connectivity index (χ1n) is 24.9. The van der Waals surface area contributed by atoms with Crippen molar-refractivity contribution in [2.45, 2.75) is 180 Å². The second-order valence-corrected chi connectivity index (χ2v) is 19.9. The number of ketones is 3. The number of carbonyl (C=O) groups is 5. The fourth-order valence-corrected chi connectivity index (χ4v) is 10.4. The molecule has 4 aliphatic rings. The molecule has 0 radical (unpaired) electrons. The van der Waals surface area contributed by atoms with E-state index >= 15 is 0 Å². The molecule has 0 aromatic carbocycles. The number of hydrogen-bond acceptors (Lipinski definition) is 13. The second-order valence-electron chi connectivity index (χ2n) is 19.9. The third kappa shape index (κ3) is 15.6. The van der Waals surface area contributed by atoms with Gasteiger partial charge in [-0.25, -0.2) is 4.79 Å². The first-order valence-corrected chi connectivity index (χ1v) is 24.9. The summed E-state index contributed by atoms with van der Waals surface area (Å²) in [5.74, 6) is -6.96. The SMILES string of the molecule is CO[C@H]1C[C@@H]2CC[C@@H](C)[C@@](O)(O2)C(=O)C(=O)N2CCCC[C@H]2C(=O)OC(CC[C@@H]2CC[C@@H](OCCO)[C@H](OC)C2)CC(=O)[C@H](C)/C=C(\C)[C@@H](C)[C@@H](OC)C(=O)[C@H](C)C[C@H](C)/C=C/C=CC=C1C. The fraction of sp³-hybridized carbons (Fsp3) is 0.755. The van der Waals surface area contributed by atoms with Crippen LogP contribution in [-0.2, 0) is 52.4 Å². The molecule has 0 spiro atoms. The van der Waals surface area contributed by atoms with Gasteiger partial charge in [0.05, 0.1) is 37.6 Å². The molecule has 3 heterocycles. The van der Waals surface area contributed by atoms with Crippen molar-refractivity contribution in [3.8, 4) is 0 Å². The molecule has 1 aliphatic carbocycles. The molecule has 1 amide bonds. The van der Waals surface area contributed by atoms with Gasteiger partial charge >= 0.3 is 5.97 Å². The Bertz CT molecular complexity index is 1770. The van der Waals surface area contributed by atoms with Gasteiger partial charge in [-0.15, -0.1) is 0 Å². The maximum absolute atomic E-state index is 14.3. The Hall–Kier alpha value is -3.37. The summed E-state index contributed by atoms with van der Waals surface area (Å²) in [7, 11) is 4.77. The van der Waals surface area contributed by atoms with E-state index < -0.39 is 65.7 Å². The van der Waals surface area contributed by atoms with Crippen LogP contribution in [0.4, 0.5) is 0 Å². The smallest absolute Gasteiger partial charge is 0.329 e. The van der Waals surface area contributed by atoms with Crippen LogP contribution < -0.4 is 0 Å². The number of nitrogens with zero attached hydrogens (tertiary/aromatic N) is 1. The Kier molecular flexibility index (Phi) is 22.8. The zero-order valence-electron chi connectivity index (χ0n) is 42.1. The number of cyclic esters (lactones) is 1. The molecule has 378 valence electrons. The average Bonchev–Trinajstić information content (AvgIpc) is 3.31. The molecule has 2 bridgehead atoms. The van der Waals surface area contributed by atoms with Gasteiger partial charge < -0.3 is 43.5 Å². The van der Waals surface area contributed by atoms with Crippen molar-refractivity contribution < 1.29 is 62.6 Å². The number of aliphatic hydroxyl groups is 2. The molecule has 2 saturated heterocycles. The molecule has 1 saturated carbocycles. The number of amides is 1. The number of Topliss-reactive ketones (excluding diaryl/α,β-unsaturated/α-hetero) is 3. The monoisotopic (exact) mass is 942 g/mol. The summed E-state index contributed by atoms with van der Waals surface area (Å²) in [5.41, 5.74) is 1.74. The highest BCUT2D eigenvalue weighted by atomic mass is 16.6. The molecule has 4 rings (SSSR count). The van der Waals surface area contributed by atoms with Crippen LogP contribution in [0.25, 0.3) is 0 Å². The highest BCUT2D eigenvalue weighted by Crippen LogP contribution is 2.37. The van der Waals surface area contributed by atoms with E-state index in [1.807, 2.05) is 58.1 Å². The van der Waals surface area contributed by atoms with Crippen LogP contribution in [0.5, 0.6) is 0 Å². The topological polar surface area (TPSA) is 184 Å². The molecule has 0 aromatic rings. The summed E-state index contributed by atoms with van der Waals surface area (Å²) in [4.78, 5) is 72.0. The van der Waals surface area contributed by atoms with Gasteiger partial charge in [0.2, 0.25) is 5.79 Å². The van der Waals surface area contributed by atoms with E-state index in [0.29, 0.717) is 57.8 Å². The van der Waals surface area contributed by atoms with Crippen LogP contribution in [0, 0.1) is 35.5 Å². The minimum absolute atomic E-state index is 0.00546. The normalized spacial score (nSPS) is 37.8. The standard InChI is InChI=1S/C53H83NO13/c1-33-16-12-11-13-17-34(2)46(62-8)32-42-22-19-38(6)53(61,67-42)50(58)51(59)54-25-15-14-18-43(54)52(60)66-41(23-20-40-21-24-45(65-27-26-55)47(30-40)63-9)31-44(56)36(4)29-35(3)39(7)49(64-10)48(57)37(5)28-33/h11-13,16-17,29,33,36-43,45-47,49,55,61H,14-15,18-28,30-32H2,1-10H3/b13-11?,16-12+,34-17?,35-29+/t33-,36-,37-,38-,39-,40-,41?,42+,43+,45-,46+,47-,49-,53-/m1/s1. The van der Waals surface area contributed by atoms with Gasteiger partial charge in [0, 0.05) is 64.4 Å². The van der Waals surface area contributed by atoms with Crippen LogP contribution in [0.3, 0.4) is 0 Å². The molecule has 14 heteroatoms. The summed E-state index contributed by atoms with van der Waals surface area (Å²) in [6.45, 7) is 13.5. The number of piperidine rings is 1. The van der Waals surface area contributed by atoms with Gasteiger partial charge in [-0.05, 0) is 102 Å². The highest BCUT2D eigenvalue weighted by molar-refractivity contribution is 6.39. The van der Waals surface area contributed by atoms with Gasteiger partial charge in [0.15, 0.2) is 5.78 Å². The van der Waals surface area contributed by atoms with E-state index in [2.05, 4.69) is 13.0 Å². The summed E-state index contributed by atoms with van der Waals surface area (Å²) >= 11 is 0. The van der Waals surface area contributed by atoms with Gasteiger partial charge in [0.1, 0.15) is 24.0 Å². The Balaban J connectivity index is 1.67. The Labute approximate surface area is 400 Å². The van der Waals surface area contributed by atoms with Crippen LogP contribution in [0.2, 0.25) is 0 Å². The van der Waals surface area contributed by atoms with E-state index in [-0.39, 0.29) is 80.0 Å². The first kappa shape index (κ1) is 56.2. The average molecular weight is 942 g/mol. The van der Waals surface area contributed by atoms with Crippen molar-refractivity contribution >= 4 is 29.2 Å². The van der Waals surface area contributed by atoms with Crippen LogP contribution in [-0.4, -0.2) is 134 Å². The number of hydrogen-bond donors (Lipinski definition) is 2. The minimum Gasteiger partial charge on any atom is -0.460 e. The van der Waals surface area contributed by atoms with Crippen molar-refractivity contribution in [1.29, 1.82) is 0 Å². The molecule has 3 fully saturated rings. The van der Waals surface area contributed by atoms with Crippen molar-refractivity contribution in [1.82, 2.24) is 4.90 Å². The molecular formula is C53H83NO13. The van der Waals surface area contributed by atoms with E-state index in [1.165, 1.54) is 12.0 Å². The molecule has 0 aromatic heterocycles. The Morgan fingerprint density at radius 1 is 0.806 bits per heavy atom. The number of esters is 1. The van der Waals surface area contributed by atoms with Crippen LogP contribution in [0.15, 0.2) is 47.6 Å². The third-order valence-electron chi connectivity index (χ3n) is 14.9. The molecule has 14 atom stereocenters. The minimum atomic E-state index is -2.41. The summed E-state index contributed by atoms with van der Waals surface area (Å²) in [5, 5.41) is 21.3. The molecule has 1 unspecified atom stereocenters. The lowest BCUT2D eigenvalue weighted by Gasteiger charge is -2.42. The second kappa shape index (κ2) is 27.1. The lowest BCUT2D eigenvalue weighted by atomic mass is 9.81. The van der Waals surface area contributed by atoms with Gasteiger partial charge in [0.25, 0.3) is 11.7 Å². The number of ether oxygens (including phenoxy) is 6. The van der Waals surface area contributed by atoms with E-state index in [0.717, 1.165) is 24.0 Å². The predicted octanol–water partition coefficient (Wildman–Crippen LogP) is 7.23. The number of rotatable bonds is 9. The number of methoxy groups -OCH3 is 3. The molecular weight excluding hydrogens is 859 g/mol. The van der Waals surface area contributed by atoms with Crippen molar-refractivity contribution in [2.75, 3.05) is 41.1 Å². The summed E-state index contributed by atoms with van der Waals surface area (Å²) < 4.78 is 35.7. The van der Waals surface area contributed by atoms with Crippen molar-refractivity contribution in [3.05, 3.63) is 47.6 Å². The first-order chi connectivity index (χ1) is 31.9. The van der Waals surface area contributed by atoms with Gasteiger partial charge in [-0.3, -0.25) is 19.2 Å². The van der Waals surface area contributed by atoms with E-state index in [9.17, 15) is 34.2 Å². The number of carbonyl (C=O) groups excluding carboxylic acids is 5. The van der Waals surface area contributed by atoms with Crippen molar-refractivity contribution in [3.63, 3.8) is 0 Å². The van der Waals surface area contributed by atoms with Gasteiger partial charge in [-0.2, -0.15) is 0 Å². The van der Waals surface area contributed by atoms with E-state index in [4.69, 9.17) is 28.4 Å². The Morgan fingerprint density at radius 2 is 1.55 bits per heavy atom. The molecule has 2 N–H and O–H groups in total. The largest absolute Gasteiger partial charge is 0.460 e. The third-order valence-corrected chi connectivity index (χ3v) is 14.9. The number of allylic oxidation sites excluding steroid dienone is 6. The maximum atomic E-state index is 14.3. The van der Waals surface area contributed by atoms with Gasteiger partial charge in [-0.1, -0.05) is 76.6 Å². The lowest BCUT2D eigenvalue weighted by molar-refractivity contribution is -0.265. The number of fused-ring (bicyclic) bond motifs is 3. The molecule has 3 aliphatic heterocycles. The van der Waals surface area contributed by atoms with Crippen LogP contribution >= 0.6 is 0 Å². The summed E-state index contributed by atoms with van der Waals surface area (Å²) in [6, 6.07) is -1.10. The van der Waals surface area contributed by atoms with E-state index in [1.54, 1.807) is 28.1 Å². The molecule has 67 heavy (non-hydrogen) atoms. The Morgan fingerprint density at radius 3 is 2.24 bits per heavy atom. The zero-order valence-corrected chi connectivity index (χ0v) is 42.1. The quantitative estimate of drug-likeness (QED) is 0.134. The predicted molar refractivity (Wildman–Crippen MR) is 255 cm³/mol. The number of aliphatic hydroxyl groups excluding tert-OH is 1. The van der Waals surface area contributed by atoms with Crippen molar-refractivity contribution in [2.24, 2.45) is 35.5 Å². The zero-order chi connectivity index (χ0) is 49.4. The summed E-state index contributed by atoms with van der Waals surface area (Å²) in [6.07, 6.45) is 15.3. The fourth-order valence-electron chi connectivity index (χ4n) is 10.4. The highest BCUT2D eigenvalue weighted by Gasteiger charge is 2.53. The maximum Gasteiger partial charge on any atom is 0.329 e. The van der Waals surface area contributed by atoms with Crippen LogP contribution in [0.1, 0.15) is 132 Å². The molecule has 14 nitrogen and oxygen atoms in total.